The van der Waals surface area contributed by atoms with Crippen LogP contribution in [0.15, 0.2) is 29.3 Å². The van der Waals surface area contributed by atoms with Crippen LogP contribution in [0.5, 0.6) is 0 Å². The Morgan fingerprint density at radius 3 is 2.79 bits per heavy atom. The summed E-state index contributed by atoms with van der Waals surface area (Å²) in [6, 6.07) is 7.67. The molecule has 0 radical (unpaired) electrons. The molecule has 3 rings (SSSR count). The summed E-state index contributed by atoms with van der Waals surface area (Å²) < 4.78 is 13.2. The van der Waals surface area contributed by atoms with Crippen LogP contribution < -0.4 is 5.32 Å². The molecular weight excluding hydrogens is 349 g/mol. The molecule has 1 amide bonds. The molecule has 7 heteroatoms. The minimum absolute atomic E-state index is 0.0773. The topological polar surface area (TPSA) is 65.8 Å². The molecule has 1 aromatic heterocycles. The summed E-state index contributed by atoms with van der Waals surface area (Å²) in [4.78, 5) is 17.1. The molecule has 1 fully saturated rings. The maximum Gasteiger partial charge on any atom is 0.257 e. The summed E-state index contributed by atoms with van der Waals surface area (Å²) in [6.07, 6.45) is 3.91. The van der Waals surface area contributed by atoms with Gasteiger partial charge in [0.2, 0.25) is 0 Å². The molecule has 1 N–H and O–H groups in total. The van der Waals surface area contributed by atoms with Crippen molar-refractivity contribution in [1.82, 2.24) is 4.98 Å². The first-order chi connectivity index (χ1) is 11.5. The van der Waals surface area contributed by atoms with E-state index in [1.807, 2.05) is 6.26 Å². The van der Waals surface area contributed by atoms with Crippen molar-refractivity contribution in [2.75, 3.05) is 11.6 Å². The van der Waals surface area contributed by atoms with E-state index in [0.717, 1.165) is 18.5 Å². The SMILES string of the molecule is CSc1nc(C2CC2)cc(C(=O)Nc2ccc(F)c(Cl)c2)c1C#N. The average molecular weight is 362 g/mol. The molecule has 0 unspecified atom stereocenters. The second-order valence-electron chi connectivity index (χ2n) is 5.45. The van der Waals surface area contributed by atoms with Crippen LogP contribution in [0.4, 0.5) is 10.1 Å². The first-order valence-electron chi connectivity index (χ1n) is 7.29. The summed E-state index contributed by atoms with van der Waals surface area (Å²) in [7, 11) is 0. The second kappa shape index (κ2) is 6.80. The molecular formula is C17H13ClFN3OS. The number of aromatic nitrogens is 1. The van der Waals surface area contributed by atoms with Gasteiger partial charge in [0, 0.05) is 17.3 Å². The largest absolute Gasteiger partial charge is 0.322 e. The van der Waals surface area contributed by atoms with Gasteiger partial charge in [-0.1, -0.05) is 11.6 Å². The van der Waals surface area contributed by atoms with E-state index in [-0.39, 0.29) is 16.1 Å². The second-order valence-corrected chi connectivity index (χ2v) is 6.65. The average Bonchev–Trinajstić information content (AvgIpc) is 3.41. The fourth-order valence-electron chi connectivity index (χ4n) is 2.34. The molecule has 0 spiro atoms. The summed E-state index contributed by atoms with van der Waals surface area (Å²) in [5.74, 6) is -0.638. The lowest BCUT2D eigenvalue weighted by molar-refractivity contribution is 0.102. The monoisotopic (exact) mass is 361 g/mol. The Morgan fingerprint density at radius 1 is 1.46 bits per heavy atom. The molecule has 0 aliphatic heterocycles. The van der Waals surface area contributed by atoms with Crippen LogP contribution in [0.2, 0.25) is 5.02 Å². The molecule has 1 heterocycles. The van der Waals surface area contributed by atoms with E-state index in [1.165, 1.54) is 30.0 Å². The van der Waals surface area contributed by atoms with Gasteiger partial charge >= 0.3 is 0 Å². The predicted molar refractivity (Wildman–Crippen MR) is 92.1 cm³/mol. The van der Waals surface area contributed by atoms with Crippen LogP contribution in [-0.2, 0) is 0 Å². The molecule has 4 nitrogen and oxygen atoms in total. The van der Waals surface area contributed by atoms with E-state index in [1.54, 1.807) is 6.07 Å². The normalized spacial score (nSPS) is 13.4. The van der Waals surface area contributed by atoms with E-state index in [2.05, 4.69) is 16.4 Å². The number of anilines is 1. The first kappa shape index (κ1) is 16.7. The summed E-state index contributed by atoms with van der Waals surface area (Å²) >= 11 is 7.07. The fraction of sp³-hybridized carbons (Fsp3) is 0.235. The summed E-state index contributed by atoms with van der Waals surface area (Å²) in [5.41, 5.74) is 1.73. The lowest BCUT2D eigenvalue weighted by Crippen LogP contribution is -2.15. The Morgan fingerprint density at radius 2 is 2.21 bits per heavy atom. The lowest BCUT2D eigenvalue weighted by Gasteiger charge is -2.11. The van der Waals surface area contributed by atoms with Crippen LogP contribution >= 0.6 is 23.4 Å². The summed E-state index contributed by atoms with van der Waals surface area (Å²) in [6.45, 7) is 0. The van der Waals surface area contributed by atoms with Gasteiger partial charge in [-0.05, 0) is 43.4 Å². The molecule has 1 aromatic carbocycles. The van der Waals surface area contributed by atoms with Crippen LogP contribution in [0.25, 0.3) is 0 Å². The first-order valence-corrected chi connectivity index (χ1v) is 8.89. The number of halogens is 2. The number of hydrogen-bond donors (Lipinski definition) is 1. The third-order valence-electron chi connectivity index (χ3n) is 3.73. The number of amides is 1. The van der Waals surface area contributed by atoms with Crippen LogP contribution in [0.3, 0.4) is 0 Å². The molecule has 1 aliphatic carbocycles. The van der Waals surface area contributed by atoms with Crippen molar-refractivity contribution in [2.45, 2.75) is 23.8 Å². The Labute approximate surface area is 148 Å². The molecule has 122 valence electrons. The zero-order valence-corrected chi connectivity index (χ0v) is 14.3. The maximum absolute atomic E-state index is 13.2. The van der Waals surface area contributed by atoms with Crippen molar-refractivity contribution in [1.29, 1.82) is 5.26 Å². The van der Waals surface area contributed by atoms with Crippen molar-refractivity contribution in [3.63, 3.8) is 0 Å². The van der Waals surface area contributed by atoms with Gasteiger partial charge in [-0.25, -0.2) is 9.37 Å². The van der Waals surface area contributed by atoms with Gasteiger partial charge in [0.05, 0.1) is 16.1 Å². The molecule has 0 atom stereocenters. The fourth-order valence-corrected chi connectivity index (χ4v) is 3.07. The highest BCUT2D eigenvalue weighted by atomic mass is 35.5. The molecule has 0 bridgehead atoms. The number of carbonyl (C=O) groups excluding carboxylic acids is 1. The molecule has 1 aliphatic rings. The molecule has 24 heavy (non-hydrogen) atoms. The Kier molecular flexibility index (Phi) is 4.74. The van der Waals surface area contributed by atoms with Gasteiger partial charge in [0.25, 0.3) is 5.91 Å². The third kappa shape index (κ3) is 3.37. The highest BCUT2D eigenvalue weighted by molar-refractivity contribution is 7.98. The third-order valence-corrected chi connectivity index (χ3v) is 4.70. The smallest absolute Gasteiger partial charge is 0.257 e. The summed E-state index contributed by atoms with van der Waals surface area (Å²) in [5, 5.41) is 12.5. The highest BCUT2D eigenvalue weighted by Crippen LogP contribution is 2.40. The number of benzene rings is 1. The van der Waals surface area contributed by atoms with Crippen LogP contribution in [-0.4, -0.2) is 17.1 Å². The number of thioether (sulfide) groups is 1. The van der Waals surface area contributed by atoms with Crippen LogP contribution in [0.1, 0.15) is 40.4 Å². The van der Waals surface area contributed by atoms with Crippen molar-refractivity contribution in [3.8, 4) is 6.07 Å². The number of nitrogens with zero attached hydrogens (tertiary/aromatic N) is 2. The number of carbonyl (C=O) groups is 1. The van der Waals surface area contributed by atoms with E-state index < -0.39 is 11.7 Å². The van der Waals surface area contributed by atoms with Crippen LogP contribution in [0, 0.1) is 17.1 Å². The van der Waals surface area contributed by atoms with E-state index in [4.69, 9.17) is 11.6 Å². The number of pyridine rings is 1. The quantitative estimate of drug-likeness (QED) is 0.808. The molecule has 2 aromatic rings. The Hall–Kier alpha value is -2.10. The molecule has 1 saturated carbocycles. The van der Waals surface area contributed by atoms with Gasteiger partial charge in [-0.15, -0.1) is 11.8 Å². The number of hydrogen-bond acceptors (Lipinski definition) is 4. The molecule has 0 saturated heterocycles. The van der Waals surface area contributed by atoms with Gasteiger partial charge in [0.15, 0.2) is 0 Å². The van der Waals surface area contributed by atoms with Crippen molar-refractivity contribution < 1.29 is 9.18 Å². The van der Waals surface area contributed by atoms with Crippen molar-refractivity contribution in [2.24, 2.45) is 0 Å². The van der Waals surface area contributed by atoms with Gasteiger partial charge in [-0.2, -0.15) is 5.26 Å². The number of rotatable bonds is 4. The Balaban J connectivity index is 1.97. The van der Waals surface area contributed by atoms with Crippen molar-refractivity contribution in [3.05, 3.63) is 51.9 Å². The van der Waals surface area contributed by atoms with Crippen molar-refractivity contribution >= 4 is 35.0 Å². The van der Waals surface area contributed by atoms with Gasteiger partial charge < -0.3 is 5.32 Å². The number of nitrogens with one attached hydrogen (secondary N) is 1. The van der Waals surface area contributed by atoms with E-state index >= 15 is 0 Å². The minimum Gasteiger partial charge on any atom is -0.322 e. The zero-order valence-electron chi connectivity index (χ0n) is 12.8. The van der Waals surface area contributed by atoms with Gasteiger partial charge in [0.1, 0.15) is 16.9 Å². The van der Waals surface area contributed by atoms with E-state index in [0.29, 0.717) is 16.6 Å². The predicted octanol–water partition coefficient (Wildman–Crippen LogP) is 4.60. The van der Waals surface area contributed by atoms with E-state index in [9.17, 15) is 14.4 Å². The van der Waals surface area contributed by atoms with Gasteiger partial charge in [-0.3, -0.25) is 4.79 Å². The Bertz CT molecular complexity index is 862. The standard InChI is InChI=1S/C17H13ClFN3OS/c1-24-17-12(8-20)11(7-15(22-17)9-2-3-9)16(23)21-10-4-5-14(19)13(18)6-10/h4-7,9H,2-3H2,1H3,(H,21,23). The minimum atomic E-state index is -0.558. The number of nitriles is 1. The lowest BCUT2D eigenvalue weighted by atomic mass is 10.1. The maximum atomic E-state index is 13.2. The highest BCUT2D eigenvalue weighted by Gasteiger charge is 2.28. The zero-order chi connectivity index (χ0) is 17.3.